The normalized spacial score (nSPS) is 12.1. The molecule has 4 rings (SSSR count). The van der Waals surface area contributed by atoms with Crippen LogP contribution in [0.2, 0.25) is 5.02 Å². The predicted octanol–water partition coefficient (Wildman–Crippen LogP) is 3.60. The zero-order chi connectivity index (χ0) is 23.7. The van der Waals surface area contributed by atoms with Gasteiger partial charge >= 0.3 is 11.6 Å². The fraction of sp³-hybridized carbons (Fsp3) is 0.208. The highest BCUT2D eigenvalue weighted by molar-refractivity contribution is 6.32. The minimum absolute atomic E-state index is 0.0891. The maximum absolute atomic E-state index is 12.7. The van der Waals surface area contributed by atoms with Gasteiger partial charge < -0.3 is 24.6 Å². The van der Waals surface area contributed by atoms with Gasteiger partial charge in [0.1, 0.15) is 17.4 Å². The summed E-state index contributed by atoms with van der Waals surface area (Å²) in [5, 5.41) is 14.0. The number of carboxylic acid groups (broad SMARTS) is 1. The van der Waals surface area contributed by atoms with E-state index in [1.807, 2.05) is 24.3 Å². The van der Waals surface area contributed by atoms with Crippen molar-refractivity contribution in [1.82, 2.24) is 10.3 Å². The lowest BCUT2D eigenvalue weighted by atomic mass is 10.0. The summed E-state index contributed by atoms with van der Waals surface area (Å²) in [6, 6.07) is 9.45. The summed E-state index contributed by atoms with van der Waals surface area (Å²) in [6.45, 7) is 1.69. The average molecular weight is 469 g/mol. The van der Waals surface area contributed by atoms with Gasteiger partial charge in [-0.15, -0.1) is 0 Å². The molecule has 2 aromatic carbocycles. The number of carbonyl (C=O) groups is 2. The lowest BCUT2D eigenvalue weighted by Gasteiger charge is -2.15. The van der Waals surface area contributed by atoms with Gasteiger partial charge in [0.15, 0.2) is 0 Å². The summed E-state index contributed by atoms with van der Waals surface area (Å²) in [6.07, 6.45) is 1.49. The van der Waals surface area contributed by atoms with Gasteiger partial charge in [-0.25, -0.2) is 9.59 Å². The van der Waals surface area contributed by atoms with E-state index >= 15 is 0 Å². The van der Waals surface area contributed by atoms with Crippen molar-refractivity contribution in [2.75, 3.05) is 7.11 Å². The standard InChI is InChI=1S/C24H21ClN2O6/c1-12-15-8-17(25)21(32-2)10-20(15)33-24(31)16(12)9-22(28)27-19(23(29)30)7-13-11-26-18-6-4-3-5-14(13)18/h3-6,8,10-11,19,26H,7,9H2,1-2H3,(H,27,28)(H,29,30)/t19-/m0/s1. The number of carboxylic acids is 1. The molecule has 1 amide bonds. The Balaban J connectivity index is 1.57. The molecular weight excluding hydrogens is 448 g/mol. The monoisotopic (exact) mass is 468 g/mol. The number of ether oxygens (including phenoxy) is 1. The van der Waals surface area contributed by atoms with Crippen LogP contribution in [0.25, 0.3) is 21.9 Å². The molecule has 0 saturated carbocycles. The first-order valence-corrected chi connectivity index (χ1v) is 10.5. The van der Waals surface area contributed by atoms with Crippen molar-refractivity contribution in [3.8, 4) is 5.75 Å². The van der Waals surface area contributed by atoms with E-state index in [4.69, 9.17) is 20.8 Å². The fourth-order valence-corrected chi connectivity index (χ4v) is 4.12. The first-order chi connectivity index (χ1) is 15.8. The van der Waals surface area contributed by atoms with Crippen LogP contribution in [0.4, 0.5) is 0 Å². The van der Waals surface area contributed by atoms with E-state index < -0.39 is 23.5 Å². The number of hydrogen-bond acceptors (Lipinski definition) is 5. The SMILES string of the molecule is COc1cc2oc(=O)c(CC(=O)N[C@@H](Cc3c[nH]c4ccccc34)C(=O)O)c(C)c2cc1Cl. The smallest absolute Gasteiger partial charge is 0.340 e. The highest BCUT2D eigenvalue weighted by atomic mass is 35.5. The number of methoxy groups -OCH3 is 1. The molecule has 0 bridgehead atoms. The number of aryl methyl sites for hydroxylation is 1. The second kappa shape index (κ2) is 8.99. The molecule has 3 N–H and O–H groups in total. The summed E-state index contributed by atoms with van der Waals surface area (Å²) in [5.74, 6) is -1.41. The molecule has 0 radical (unpaired) electrons. The number of carbonyl (C=O) groups excluding carboxylic acids is 1. The molecule has 0 unspecified atom stereocenters. The maximum atomic E-state index is 12.7. The van der Waals surface area contributed by atoms with Gasteiger partial charge in [0.2, 0.25) is 5.91 Å². The van der Waals surface area contributed by atoms with Crippen LogP contribution in [0, 0.1) is 6.92 Å². The van der Waals surface area contributed by atoms with Crippen LogP contribution in [-0.2, 0) is 22.4 Å². The number of aromatic nitrogens is 1. The number of rotatable bonds is 7. The minimum Gasteiger partial charge on any atom is -0.495 e. The molecule has 0 aliphatic rings. The summed E-state index contributed by atoms with van der Waals surface area (Å²) in [7, 11) is 1.45. The van der Waals surface area contributed by atoms with Crippen LogP contribution < -0.4 is 15.7 Å². The Morgan fingerprint density at radius 3 is 2.73 bits per heavy atom. The first kappa shape index (κ1) is 22.4. The van der Waals surface area contributed by atoms with Crippen LogP contribution in [0.5, 0.6) is 5.75 Å². The summed E-state index contributed by atoms with van der Waals surface area (Å²) in [5.41, 5.74) is 1.92. The second-order valence-corrected chi connectivity index (χ2v) is 8.08. The Kier molecular flexibility index (Phi) is 6.11. The molecule has 0 aliphatic heterocycles. The lowest BCUT2D eigenvalue weighted by molar-refractivity contribution is -0.141. The van der Waals surface area contributed by atoms with E-state index in [2.05, 4.69) is 10.3 Å². The summed E-state index contributed by atoms with van der Waals surface area (Å²) >= 11 is 6.19. The number of nitrogens with one attached hydrogen (secondary N) is 2. The number of hydrogen-bond donors (Lipinski definition) is 3. The predicted molar refractivity (Wildman–Crippen MR) is 124 cm³/mol. The molecule has 1 atom stereocenters. The van der Waals surface area contributed by atoms with Gasteiger partial charge in [0.05, 0.1) is 24.1 Å². The summed E-state index contributed by atoms with van der Waals surface area (Å²) in [4.78, 5) is 40.2. The Labute approximate surface area is 193 Å². The minimum atomic E-state index is -1.17. The van der Waals surface area contributed by atoms with Gasteiger partial charge in [0.25, 0.3) is 0 Å². The number of halogens is 1. The molecule has 33 heavy (non-hydrogen) atoms. The number of aromatic amines is 1. The van der Waals surface area contributed by atoms with Gasteiger partial charge in [0, 0.05) is 35.0 Å². The number of para-hydroxylation sites is 1. The Morgan fingerprint density at radius 1 is 1.24 bits per heavy atom. The van der Waals surface area contributed by atoms with Crippen molar-refractivity contribution in [2.45, 2.75) is 25.8 Å². The molecule has 0 aliphatic carbocycles. The quantitative estimate of drug-likeness (QED) is 0.356. The number of benzene rings is 2. The van der Waals surface area contributed by atoms with Crippen molar-refractivity contribution in [1.29, 1.82) is 0 Å². The highest BCUT2D eigenvalue weighted by Crippen LogP contribution is 2.31. The average Bonchev–Trinajstić information content (AvgIpc) is 3.19. The topological polar surface area (TPSA) is 122 Å². The molecule has 170 valence electrons. The number of amides is 1. The van der Waals surface area contributed by atoms with Crippen molar-refractivity contribution in [3.63, 3.8) is 0 Å². The number of aliphatic carboxylic acids is 1. The van der Waals surface area contributed by atoms with Crippen molar-refractivity contribution in [3.05, 3.63) is 74.7 Å². The van der Waals surface area contributed by atoms with E-state index in [1.54, 1.807) is 19.2 Å². The van der Waals surface area contributed by atoms with Gasteiger partial charge in [-0.3, -0.25) is 4.79 Å². The van der Waals surface area contributed by atoms with Crippen molar-refractivity contribution >= 4 is 45.3 Å². The van der Waals surface area contributed by atoms with E-state index in [-0.39, 0.29) is 24.0 Å². The molecule has 2 aromatic heterocycles. The van der Waals surface area contributed by atoms with Crippen LogP contribution in [-0.4, -0.2) is 35.1 Å². The maximum Gasteiger partial charge on any atom is 0.340 e. The van der Waals surface area contributed by atoms with Crippen LogP contribution in [0.15, 0.2) is 51.8 Å². The van der Waals surface area contributed by atoms with Crippen molar-refractivity contribution < 1.29 is 23.8 Å². The Hall–Kier alpha value is -3.78. The van der Waals surface area contributed by atoms with Gasteiger partial charge in [-0.1, -0.05) is 29.8 Å². The Morgan fingerprint density at radius 2 is 2.00 bits per heavy atom. The molecule has 0 spiro atoms. The number of H-pyrrole nitrogens is 1. The largest absolute Gasteiger partial charge is 0.495 e. The van der Waals surface area contributed by atoms with Gasteiger partial charge in [-0.2, -0.15) is 0 Å². The van der Waals surface area contributed by atoms with E-state index in [0.29, 0.717) is 21.7 Å². The molecule has 9 heteroatoms. The molecule has 0 fully saturated rings. The van der Waals surface area contributed by atoms with Crippen LogP contribution in [0.3, 0.4) is 0 Å². The van der Waals surface area contributed by atoms with Crippen LogP contribution >= 0.6 is 11.6 Å². The lowest BCUT2D eigenvalue weighted by Crippen LogP contribution is -2.43. The van der Waals surface area contributed by atoms with E-state index in [9.17, 15) is 19.5 Å². The third kappa shape index (κ3) is 4.42. The zero-order valence-corrected chi connectivity index (χ0v) is 18.7. The van der Waals surface area contributed by atoms with Crippen molar-refractivity contribution in [2.24, 2.45) is 0 Å². The Bertz CT molecular complexity index is 1440. The van der Waals surface area contributed by atoms with Crippen LogP contribution in [0.1, 0.15) is 16.7 Å². The molecule has 0 saturated heterocycles. The van der Waals surface area contributed by atoms with E-state index in [0.717, 1.165) is 16.5 Å². The summed E-state index contributed by atoms with van der Waals surface area (Å²) < 4.78 is 10.5. The third-order valence-corrected chi connectivity index (χ3v) is 5.92. The molecular formula is C24H21ClN2O6. The second-order valence-electron chi connectivity index (χ2n) is 7.67. The third-order valence-electron chi connectivity index (χ3n) is 5.63. The highest BCUT2D eigenvalue weighted by Gasteiger charge is 2.24. The molecule has 4 aromatic rings. The van der Waals surface area contributed by atoms with Gasteiger partial charge in [-0.05, 0) is 30.2 Å². The van der Waals surface area contributed by atoms with E-state index in [1.165, 1.54) is 13.2 Å². The fourth-order valence-electron chi connectivity index (χ4n) is 3.88. The molecule has 2 heterocycles. The number of fused-ring (bicyclic) bond motifs is 2. The molecule has 8 nitrogen and oxygen atoms in total. The first-order valence-electron chi connectivity index (χ1n) is 10.2. The zero-order valence-electron chi connectivity index (χ0n) is 17.9.